The third-order valence-electron chi connectivity index (χ3n) is 9.14. The topological polar surface area (TPSA) is 78.9 Å². The molecule has 4 saturated carbocycles. The number of carbonyl (C=O) groups is 3. The van der Waals surface area contributed by atoms with Crippen molar-refractivity contribution in [3.05, 3.63) is 0 Å². The van der Waals surface area contributed by atoms with Gasteiger partial charge in [-0.1, -0.05) is 0 Å². The van der Waals surface area contributed by atoms with Crippen molar-refractivity contribution >= 4 is 17.9 Å². The van der Waals surface area contributed by atoms with Crippen molar-refractivity contribution in [2.45, 2.75) is 112 Å². The first-order valence-corrected chi connectivity index (χ1v) is 13.4. The van der Waals surface area contributed by atoms with E-state index in [1.807, 2.05) is 0 Å². The van der Waals surface area contributed by atoms with Crippen molar-refractivity contribution in [2.24, 2.45) is 0 Å². The standard InChI is InChI=1S/C22HF33O6/c23-1-8(59-2(56)5(24,17(38,39)40)18(41,42)43)12(28,29)10(27)13(30,31)9(1,60-3(57)6(25,19(44,45)46)20(47,48)49)15(34,35)11(14(8,32)33,16(10,36)37)61-4(58)7(26,21(50,51)52)22(53,54)55/h1H. The third-order valence-corrected chi connectivity index (χ3v) is 9.14. The molecular weight excluding hydrogens is 987 g/mol. The van der Waals surface area contributed by atoms with E-state index in [9.17, 15) is 107 Å². The van der Waals surface area contributed by atoms with Gasteiger partial charge in [0, 0.05) is 0 Å². The highest BCUT2D eigenvalue weighted by Crippen LogP contribution is 2.86. The monoisotopic (exact) mass is 988 g/mol. The molecule has 0 aliphatic heterocycles. The normalized spacial score (nSPS) is 32.3. The number of hydrogen-bond donors (Lipinski definition) is 0. The van der Waals surface area contributed by atoms with E-state index in [0.29, 0.717) is 0 Å². The Morgan fingerprint density at radius 1 is 0.328 bits per heavy atom. The van der Waals surface area contributed by atoms with Gasteiger partial charge in [0.2, 0.25) is 6.17 Å². The van der Waals surface area contributed by atoms with E-state index in [1.54, 1.807) is 14.2 Å². The van der Waals surface area contributed by atoms with Crippen LogP contribution in [-0.4, -0.2) is 130 Å². The van der Waals surface area contributed by atoms with Gasteiger partial charge in [-0.25, -0.2) is 36.3 Å². The molecule has 356 valence electrons. The fraction of sp³-hybridized carbons (Fsp3) is 0.864. The number of esters is 3. The minimum Gasteiger partial charge on any atom is -0.439 e. The quantitative estimate of drug-likeness (QED) is 0.151. The molecule has 61 heavy (non-hydrogen) atoms. The van der Waals surface area contributed by atoms with Crippen LogP contribution >= 0.6 is 0 Å². The van der Waals surface area contributed by atoms with Gasteiger partial charge in [-0.3, -0.25) is 0 Å². The van der Waals surface area contributed by atoms with Gasteiger partial charge in [-0.05, 0) is 0 Å². The van der Waals surface area contributed by atoms with Crippen molar-refractivity contribution in [3.8, 4) is 0 Å². The summed E-state index contributed by atoms with van der Waals surface area (Å²) in [6, 6.07) is 0. The Morgan fingerprint density at radius 2 is 0.525 bits per heavy atom. The van der Waals surface area contributed by atoms with Crippen LogP contribution in [0.2, 0.25) is 0 Å². The van der Waals surface area contributed by atoms with Crippen molar-refractivity contribution in [1.82, 2.24) is 0 Å². The van der Waals surface area contributed by atoms with Crippen LogP contribution in [-0.2, 0) is 28.6 Å². The Bertz CT molecular complexity index is 1710. The van der Waals surface area contributed by atoms with Crippen LogP contribution in [0, 0.1) is 0 Å². The summed E-state index contributed by atoms with van der Waals surface area (Å²) in [6.45, 7) is 0. The van der Waals surface area contributed by atoms with Gasteiger partial charge in [0.25, 0.3) is 11.2 Å². The number of alkyl halides is 33. The summed E-state index contributed by atoms with van der Waals surface area (Å²) in [6.07, 6.45) is -59.3. The van der Waals surface area contributed by atoms with E-state index >= 15 is 52.7 Å². The summed E-state index contributed by atoms with van der Waals surface area (Å²) in [4.78, 5) is 35.9. The van der Waals surface area contributed by atoms with Crippen LogP contribution in [0.4, 0.5) is 145 Å². The highest BCUT2D eigenvalue weighted by molar-refractivity contribution is 5.86. The van der Waals surface area contributed by atoms with Crippen LogP contribution in [0.5, 0.6) is 0 Å². The zero-order valence-electron chi connectivity index (χ0n) is 26.0. The molecule has 0 N–H and O–H groups in total. The van der Waals surface area contributed by atoms with Gasteiger partial charge < -0.3 is 14.2 Å². The maximum absolute atomic E-state index is 16.2. The third kappa shape index (κ3) is 4.79. The van der Waals surface area contributed by atoms with Crippen LogP contribution in [0.1, 0.15) is 0 Å². The zero-order valence-corrected chi connectivity index (χ0v) is 26.0. The first kappa shape index (κ1) is 51.5. The Balaban J connectivity index is 2.87. The van der Waals surface area contributed by atoms with E-state index in [-0.39, 0.29) is 0 Å². The van der Waals surface area contributed by atoms with Crippen LogP contribution < -0.4 is 0 Å². The first-order chi connectivity index (χ1) is 26.0. The predicted molar refractivity (Wildman–Crippen MR) is 108 cm³/mol. The minimum atomic E-state index is -9.61. The predicted octanol–water partition coefficient (Wildman–Crippen LogP) is 8.59. The second-order valence-corrected chi connectivity index (χ2v) is 12.2. The summed E-state index contributed by atoms with van der Waals surface area (Å²) < 4.78 is 477. The average molecular weight is 988 g/mol. The van der Waals surface area contributed by atoms with E-state index in [0.717, 1.165) is 0 Å². The van der Waals surface area contributed by atoms with E-state index in [4.69, 9.17) is 0 Å². The molecule has 4 aliphatic carbocycles. The van der Waals surface area contributed by atoms with E-state index in [1.165, 1.54) is 0 Å². The Hall–Kier alpha value is -3.90. The summed E-state index contributed by atoms with van der Waals surface area (Å²) >= 11 is 0. The van der Waals surface area contributed by atoms with Crippen molar-refractivity contribution in [3.63, 3.8) is 0 Å². The lowest BCUT2D eigenvalue weighted by Gasteiger charge is -2.75. The first-order valence-electron chi connectivity index (χ1n) is 13.4. The fourth-order valence-corrected chi connectivity index (χ4v) is 6.15. The number of ether oxygens (including phenoxy) is 3. The lowest BCUT2D eigenvalue weighted by atomic mass is 9.39. The smallest absolute Gasteiger partial charge is 0.439 e. The van der Waals surface area contributed by atoms with Crippen LogP contribution in [0.25, 0.3) is 0 Å². The second kappa shape index (κ2) is 12.0. The number of rotatable bonds is 6. The van der Waals surface area contributed by atoms with Gasteiger partial charge in [0.05, 0.1) is 0 Å². The summed E-state index contributed by atoms with van der Waals surface area (Å²) in [5.41, 5.74) is -63.5. The maximum atomic E-state index is 16.2. The molecule has 0 aromatic heterocycles. The Morgan fingerprint density at radius 3 is 0.721 bits per heavy atom. The van der Waals surface area contributed by atoms with Gasteiger partial charge in [0.1, 0.15) is 0 Å². The molecule has 0 radical (unpaired) electrons. The molecular formula is C22HF33O6. The SMILES string of the molecule is O=C(OC12C(F)C3(OC(=O)C(F)(C(F)(F)F)C(F)(F)F)C(F)(F)C(F)(C1(F)F)C(F)(F)C(OC(=O)C(F)(C(F)(F)F)C(F)(F)F)(C2(F)F)C3(F)F)C(F)(C(F)(F)F)C(F)(F)F. The highest BCUT2D eigenvalue weighted by atomic mass is 19.5. The van der Waals surface area contributed by atoms with Gasteiger partial charge >= 0.3 is 113 Å². The molecule has 0 spiro atoms. The number of hydrogen-bond acceptors (Lipinski definition) is 6. The molecule has 4 fully saturated rings. The molecule has 4 rings (SSSR count). The zero-order chi connectivity index (χ0) is 49.4. The lowest BCUT2D eigenvalue weighted by molar-refractivity contribution is -0.603. The van der Waals surface area contributed by atoms with Crippen LogP contribution in [0.3, 0.4) is 0 Å². The number of carbonyl (C=O) groups excluding carboxylic acids is 3. The van der Waals surface area contributed by atoms with Crippen molar-refractivity contribution in [2.75, 3.05) is 0 Å². The molecule has 39 heteroatoms. The molecule has 0 saturated heterocycles. The van der Waals surface area contributed by atoms with Gasteiger partial charge in [0.15, 0.2) is 0 Å². The van der Waals surface area contributed by atoms with E-state index in [2.05, 4.69) is 0 Å². The van der Waals surface area contributed by atoms with Crippen molar-refractivity contribution in [1.29, 1.82) is 0 Å². The Kier molecular flexibility index (Phi) is 10.1. The molecule has 0 aromatic rings. The summed E-state index contributed by atoms with van der Waals surface area (Å²) in [5, 5.41) is 0. The lowest BCUT2D eigenvalue weighted by Crippen LogP contribution is -3.10. The molecule has 0 heterocycles. The van der Waals surface area contributed by atoms with Crippen LogP contribution in [0.15, 0.2) is 0 Å². The maximum Gasteiger partial charge on any atom is 0.442 e. The molecule has 0 aromatic carbocycles. The second-order valence-electron chi connectivity index (χ2n) is 12.2. The molecule has 4 aliphatic rings. The molecule has 6 nitrogen and oxygen atoms in total. The largest absolute Gasteiger partial charge is 0.442 e. The van der Waals surface area contributed by atoms with Gasteiger partial charge in [-0.2, -0.15) is 123 Å². The molecule has 4 bridgehead atoms. The minimum absolute atomic E-state index is 1.63. The van der Waals surface area contributed by atoms with E-state index < -0.39 is 130 Å². The Labute approximate surface area is 305 Å². The molecule has 2 atom stereocenters. The molecule has 0 amide bonds. The number of halogens is 33. The highest BCUT2D eigenvalue weighted by Gasteiger charge is 3.22. The summed E-state index contributed by atoms with van der Waals surface area (Å²) in [5.74, 6) is -66.2. The summed E-state index contributed by atoms with van der Waals surface area (Å²) in [7, 11) is 0. The van der Waals surface area contributed by atoms with Crippen molar-refractivity contribution < 1.29 is 173 Å². The van der Waals surface area contributed by atoms with Gasteiger partial charge in [-0.15, -0.1) is 0 Å². The fourth-order valence-electron chi connectivity index (χ4n) is 6.15. The average Bonchev–Trinajstić information content (AvgIpc) is 3.00. The molecule has 2 unspecified atom stereocenters.